The van der Waals surface area contributed by atoms with E-state index in [4.69, 9.17) is 0 Å². The smallest absolute Gasteiger partial charge is 0.223 e. The molecule has 3 heterocycles. The van der Waals surface area contributed by atoms with Gasteiger partial charge in [0.2, 0.25) is 5.91 Å². The van der Waals surface area contributed by atoms with Crippen molar-refractivity contribution < 1.29 is 4.79 Å². The lowest BCUT2D eigenvalue weighted by atomic mass is 9.93. The normalized spacial score (nSPS) is 16.7. The van der Waals surface area contributed by atoms with Gasteiger partial charge in [-0.3, -0.25) is 4.79 Å². The molecular weight excluding hydrogens is 354 g/mol. The van der Waals surface area contributed by atoms with E-state index in [1.54, 1.807) is 11.3 Å². The second-order valence-corrected chi connectivity index (χ2v) is 8.28. The third kappa shape index (κ3) is 3.66. The van der Waals surface area contributed by atoms with E-state index in [-0.39, 0.29) is 11.8 Å². The molecule has 27 heavy (non-hydrogen) atoms. The maximum atomic E-state index is 13.1. The van der Waals surface area contributed by atoms with Crippen LogP contribution in [0.2, 0.25) is 0 Å². The minimum atomic E-state index is 0.118. The fourth-order valence-corrected chi connectivity index (χ4v) is 4.97. The molecule has 1 aliphatic rings. The predicted octanol–water partition coefficient (Wildman–Crippen LogP) is 3.93. The van der Waals surface area contributed by atoms with Gasteiger partial charge >= 0.3 is 0 Å². The summed E-state index contributed by atoms with van der Waals surface area (Å²) in [6.07, 6.45) is 2.75. The third-order valence-electron chi connectivity index (χ3n) is 5.74. The van der Waals surface area contributed by atoms with E-state index < -0.39 is 0 Å². The number of piperazine rings is 1. The average molecular weight is 382 g/mol. The summed E-state index contributed by atoms with van der Waals surface area (Å²) in [6.45, 7) is 6.92. The van der Waals surface area contributed by atoms with Gasteiger partial charge in [0.05, 0.1) is 0 Å². The molecule has 0 N–H and O–H groups in total. The fraction of sp³-hybridized carbons (Fsp3) is 0.409. The standard InChI is InChI=1S/C22H27N3OS/c1-3-24-10-12-25(13-11-24)22(26)15-18(21-9-6-14-27-21)19-16-23(2)20-8-5-4-7-17(19)20/h4-9,14,16,18H,3,10-13,15H2,1-2H3. The summed E-state index contributed by atoms with van der Waals surface area (Å²) in [5.41, 5.74) is 2.48. The van der Waals surface area contributed by atoms with Crippen molar-refractivity contribution in [3.63, 3.8) is 0 Å². The number of carbonyl (C=O) groups excluding carboxylic acids is 1. The maximum absolute atomic E-state index is 13.1. The lowest BCUT2D eigenvalue weighted by molar-refractivity contribution is -0.133. The molecule has 0 spiro atoms. The van der Waals surface area contributed by atoms with Crippen molar-refractivity contribution in [1.82, 2.24) is 14.4 Å². The number of para-hydroxylation sites is 1. The van der Waals surface area contributed by atoms with Gasteiger partial charge in [0.1, 0.15) is 0 Å². The number of hydrogen-bond acceptors (Lipinski definition) is 3. The number of aromatic nitrogens is 1. The van der Waals surface area contributed by atoms with E-state index in [2.05, 4.69) is 76.3 Å². The third-order valence-corrected chi connectivity index (χ3v) is 6.73. The lowest BCUT2D eigenvalue weighted by Gasteiger charge is -2.34. The van der Waals surface area contributed by atoms with Gasteiger partial charge in [-0.2, -0.15) is 0 Å². The SMILES string of the molecule is CCN1CCN(C(=O)CC(c2cccs2)c2cn(C)c3ccccc23)CC1. The second-order valence-electron chi connectivity index (χ2n) is 7.30. The van der Waals surface area contributed by atoms with Crippen LogP contribution in [0.3, 0.4) is 0 Å². The Morgan fingerprint density at radius 2 is 1.89 bits per heavy atom. The Labute approximate surface area is 165 Å². The lowest BCUT2D eigenvalue weighted by Crippen LogP contribution is -2.48. The zero-order chi connectivity index (χ0) is 18.8. The van der Waals surface area contributed by atoms with Gasteiger partial charge in [-0.15, -0.1) is 11.3 Å². The summed E-state index contributed by atoms with van der Waals surface area (Å²) in [6, 6.07) is 12.7. The Morgan fingerprint density at radius 3 is 2.59 bits per heavy atom. The number of hydrogen-bond donors (Lipinski definition) is 0. The van der Waals surface area contributed by atoms with Gasteiger partial charge in [0, 0.05) is 67.5 Å². The number of rotatable bonds is 5. The highest BCUT2D eigenvalue weighted by atomic mass is 32.1. The van der Waals surface area contributed by atoms with Crippen molar-refractivity contribution in [2.75, 3.05) is 32.7 Å². The molecule has 1 unspecified atom stereocenters. The molecule has 1 atom stereocenters. The predicted molar refractivity (Wildman–Crippen MR) is 112 cm³/mol. The van der Waals surface area contributed by atoms with Crippen LogP contribution in [0.25, 0.3) is 10.9 Å². The summed E-state index contributed by atoms with van der Waals surface area (Å²) in [7, 11) is 2.09. The average Bonchev–Trinajstić information content (AvgIpc) is 3.35. The molecule has 0 aliphatic carbocycles. The molecule has 142 valence electrons. The first kappa shape index (κ1) is 18.3. The molecule has 5 heteroatoms. The van der Waals surface area contributed by atoms with Crippen molar-refractivity contribution in [1.29, 1.82) is 0 Å². The molecule has 0 bridgehead atoms. The Kier molecular flexibility index (Phi) is 5.32. The molecule has 1 aromatic carbocycles. The molecule has 4 nitrogen and oxygen atoms in total. The number of benzene rings is 1. The number of aryl methyl sites for hydroxylation is 1. The Hall–Kier alpha value is -2.11. The Morgan fingerprint density at radius 1 is 1.11 bits per heavy atom. The van der Waals surface area contributed by atoms with Gasteiger partial charge < -0.3 is 14.4 Å². The van der Waals surface area contributed by atoms with Gasteiger partial charge in [-0.1, -0.05) is 31.2 Å². The van der Waals surface area contributed by atoms with E-state index in [0.29, 0.717) is 6.42 Å². The summed E-state index contributed by atoms with van der Waals surface area (Å²) < 4.78 is 2.18. The first-order valence-corrected chi connectivity index (χ1v) is 10.6. The van der Waals surface area contributed by atoms with E-state index in [1.165, 1.54) is 21.3 Å². The topological polar surface area (TPSA) is 28.5 Å². The fourth-order valence-electron chi connectivity index (χ4n) is 4.12. The van der Waals surface area contributed by atoms with Crippen LogP contribution in [0.15, 0.2) is 48.0 Å². The zero-order valence-electron chi connectivity index (χ0n) is 16.1. The van der Waals surface area contributed by atoms with Crippen molar-refractivity contribution in [3.05, 3.63) is 58.4 Å². The number of carbonyl (C=O) groups is 1. The molecule has 4 rings (SSSR count). The summed E-state index contributed by atoms with van der Waals surface area (Å²) in [4.78, 5) is 18.9. The van der Waals surface area contributed by atoms with Gasteiger partial charge in [0.25, 0.3) is 0 Å². The van der Waals surface area contributed by atoms with E-state index in [1.807, 2.05) is 0 Å². The van der Waals surface area contributed by atoms with Crippen LogP contribution < -0.4 is 0 Å². The molecular formula is C22H27N3OS. The van der Waals surface area contributed by atoms with E-state index in [9.17, 15) is 4.79 Å². The summed E-state index contributed by atoms with van der Waals surface area (Å²) in [5.74, 6) is 0.393. The molecule has 1 aliphatic heterocycles. The zero-order valence-corrected chi connectivity index (χ0v) is 16.9. The molecule has 1 amide bonds. The highest BCUT2D eigenvalue weighted by Crippen LogP contribution is 2.36. The monoisotopic (exact) mass is 381 g/mol. The first-order valence-electron chi connectivity index (χ1n) is 9.75. The number of thiophene rings is 1. The van der Waals surface area contributed by atoms with Crippen LogP contribution in [-0.2, 0) is 11.8 Å². The highest BCUT2D eigenvalue weighted by molar-refractivity contribution is 7.10. The number of amides is 1. The quantitative estimate of drug-likeness (QED) is 0.670. The summed E-state index contributed by atoms with van der Waals surface area (Å²) in [5, 5.41) is 3.36. The van der Waals surface area contributed by atoms with Crippen molar-refractivity contribution in [2.45, 2.75) is 19.3 Å². The Balaban J connectivity index is 1.62. The Bertz CT molecular complexity index is 907. The first-order chi connectivity index (χ1) is 13.2. The second kappa shape index (κ2) is 7.87. The van der Waals surface area contributed by atoms with Crippen LogP contribution in [0, 0.1) is 0 Å². The van der Waals surface area contributed by atoms with Crippen LogP contribution in [0.1, 0.15) is 29.7 Å². The van der Waals surface area contributed by atoms with Gasteiger partial charge in [-0.05, 0) is 29.6 Å². The minimum absolute atomic E-state index is 0.118. The van der Waals surface area contributed by atoms with Crippen LogP contribution in [0.5, 0.6) is 0 Å². The molecule has 1 fully saturated rings. The molecule has 3 aromatic rings. The largest absolute Gasteiger partial charge is 0.350 e. The van der Waals surface area contributed by atoms with Crippen LogP contribution >= 0.6 is 11.3 Å². The van der Waals surface area contributed by atoms with Gasteiger partial charge in [0.15, 0.2) is 0 Å². The highest BCUT2D eigenvalue weighted by Gasteiger charge is 2.27. The van der Waals surface area contributed by atoms with Crippen LogP contribution in [0.4, 0.5) is 0 Å². The van der Waals surface area contributed by atoms with Crippen molar-refractivity contribution in [3.8, 4) is 0 Å². The minimum Gasteiger partial charge on any atom is -0.350 e. The van der Waals surface area contributed by atoms with Crippen molar-refractivity contribution in [2.24, 2.45) is 7.05 Å². The summed E-state index contributed by atoms with van der Waals surface area (Å²) >= 11 is 1.75. The molecule has 0 saturated carbocycles. The molecule has 0 radical (unpaired) electrons. The van der Waals surface area contributed by atoms with Crippen LogP contribution in [-0.4, -0.2) is 53.0 Å². The molecule has 2 aromatic heterocycles. The number of nitrogens with zero attached hydrogens (tertiary/aromatic N) is 3. The van der Waals surface area contributed by atoms with Crippen molar-refractivity contribution >= 4 is 28.1 Å². The number of likely N-dealkylation sites (N-methyl/N-ethyl adjacent to an activating group) is 1. The maximum Gasteiger partial charge on any atom is 0.223 e. The number of fused-ring (bicyclic) bond motifs is 1. The van der Waals surface area contributed by atoms with E-state index >= 15 is 0 Å². The van der Waals surface area contributed by atoms with E-state index in [0.717, 1.165) is 32.7 Å². The molecule has 1 saturated heterocycles. The van der Waals surface area contributed by atoms with Gasteiger partial charge in [-0.25, -0.2) is 0 Å².